The SMILES string of the molecule is O=C(NC(c1ccccc1)c1cccc(OCc2cccc(OCCCCCNCC(O)c3ccc(O)c4[nH]c(=O)ccc34)c2)c1)OC1CN2CCC1CC2. The van der Waals surface area contributed by atoms with Crippen molar-refractivity contribution in [3.63, 3.8) is 0 Å². The number of alkyl carbamates (subject to hydrolysis) is 1. The number of ether oxygens (including phenoxy) is 3. The van der Waals surface area contributed by atoms with Crippen molar-refractivity contribution in [2.75, 3.05) is 39.3 Å². The number of nitrogens with zero attached hydrogens (tertiary/aromatic N) is 1. The molecule has 0 aliphatic carbocycles. The molecule has 2 bridgehead atoms. The van der Waals surface area contributed by atoms with Gasteiger partial charge in [-0.25, -0.2) is 4.79 Å². The zero-order chi connectivity index (χ0) is 38.0. The first-order valence-corrected chi connectivity index (χ1v) is 19.3. The summed E-state index contributed by atoms with van der Waals surface area (Å²) in [6.45, 7) is 5.03. The number of H-pyrrole nitrogens is 1. The highest BCUT2D eigenvalue weighted by Crippen LogP contribution is 2.31. The van der Waals surface area contributed by atoms with Gasteiger partial charge in [0, 0.05) is 24.5 Å². The maximum Gasteiger partial charge on any atom is 0.408 e. The van der Waals surface area contributed by atoms with Gasteiger partial charge in [0.2, 0.25) is 5.56 Å². The lowest BCUT2D eigenvalue weighted by Gasteiger charge is -2.43. The van der Waals surface area contributed by atoms with E-state index in [1.807, 2.05) is 78.9 Å². The molecule has 4 aromatic carbocycles. The third-order valence-electron chi connectivity index (χ3n) is 10.6. The number of amides is 1. The Kier molecular flexibility index (Phi) is 12.6. The van der Waals surface area contributed by atoms with Gasteiger partial charge in [0.1, 0.15) is 30.0 Å². The van der Waals surface area contributed by atoms with Crippen LogP contribution >= 0.6 is 0 Å². The van der Waals surface area contributed by atoms with Crippen molar-refractivity contribution in [2.24, 2.45) is 5.92 Å². The highest BCUT2D eigenvalue weighted by Gasteiger charge is 2.37. The molecule has 3 aliphatic heterocycles. The number of piperidine rings is 3. The van der Waals surface area contributed by atoms with Gasteiger partial charge in [-0.2, -0.15) is 0 Å². The van der Waals surface area contributed by atoms with Gasteiger partial charge in [-0.3, -0.25) is 9.69 Å². The second kappa shape index (κ2) is 18.3. The van der Waals surface area contributed by atoms with Crippen molar-refractivity contribution in [3.05, 3.63) is 136 Å². The first-order valence-electron chi connectivity index (χ1n) is 19.3. The summed E-state index contributed by atoms with van der Waals surface area (Å²) in [6.07, 6.45) is 3.68. The van der Waals surface area contributed by atoms with Crippen LogP contribution < -0.4 is 25.7 Å². The summed E-state index contributed by atoms with van der Waals surface area (Å²) in [6, 6.07) is 31.5. The van der Waals surface area contributed by atoms with Crippen molar-refractivity contribution in [1.82, 2.24) is 20.5 Å². The van der Waals surface area contributed by atoms with Crippen LogP contribution in [0.5, 0.6) is 17.2 Å². The van der Waals surface area contributed by atoms with Crippen LogP contribution in [0.1, 0.15) is 66.5 Å². The fraction of sp³-hybridized carbons (Fsp3) is 0.364. The topological polar surface area (TPSA) is 145 Å². The fourth-order valence-corrected chi connectivity index (χ4v) is 7.63. The second-order valence-corrected chi connectivity index (χ2v) is 14.5. The molecule has 288 valence electrons. The molecule has 4 heterocycles. The Labute approximate surface area is 321 Å². The Bertz CT molecular complexity index is 2080. The van der Waals surface area contributed by atoms with Crippen LogP contribution in [0, 0.1) is 5.92 Å². The average Bonchev–Trinajstić information content (AvgIpc) is 3.21. The normalized spacial score (nSPS) is 18.7. The lowest BCUT2D eigenvalue weighted by Crippen LogP contribution is -2.52. The number of aromatic amines is 1. The minimum absolute atomic E-state index is 0.0256. The predicted molar refractivity (Wildman–Crippen MR) is 211 cm³/mol. The standard InChI is InChI=1S/C44H50N4O7/c49-38-17-15-36(37-16-18-41(51)46-43(37)38)39(50)27-45-21-5-2-6-24-53-34-13-7-9-30(25-34)29-54-35-14-8-12-33(26-35)42(32-10-3-1-4-11-32)47-44(52)55-40-28-48-22-19-31(40)20-23-48/h1,3-4,7-18,25-26,31,39-40,42,45,49-50H,2,5-6,19-24,27-29H2,(H,46,51)(H,47,52). The number of aromatic hydroxyl groups is 1. The molecule has 5 aromatic rings. The number of phenolic OH excluding ortho intramolecular Hbond substituents is 1. The van der Waals surface area contributed by atoms with E-state index in [4.69, 9.17) is 14.2 Å². The first kappa shape index (κ1) is 37.9. The van der Waals surface area contributed by atoms with Gasteiger partial charge in [-0.1, -0.05) is 60.7 Å². The third kappa shape index (κ3) is 10.0. The number of phenols is 1. The van der Waals surface area contributed by atoms with Gasteiger partial charge in [-0.05, 0) is 116 Å². The van der Waals surface area contributed by atoms with E-state index in [0.717, 1.165) is 80.7 Å². The average molecular weight is 747 g/mol. The number of pyridine rings is 1. The molecular weight excluding hydrogens is 697 g/mol. The van der Waals surface area contributed by atoms with E-state index in [-0.39, 0.29) is 17.4 Å². The summed E-state index contributed by atoms with van der Waals surface area (Å²) < 4.78 is 18.3. The highest BCUT2D eigenvalue weighted by atomic mass is 16.6. The van der Waals surface area contributed by atoms with Gasteiger partial charge in [0.25, 0.3) is 0 Å². The van der Waals surface area contributed by atoms with E-state index in [1.54, 1.807) is 12.1 Å². The Morgan fingerprint density at radius 1 is 0.855 bits per heavy atom. The number of hydrogen-bond acceptors (Lipinski definition) is 9. The predicted octanol–water partition coefficient (Wildman–Crippen LogP) is 6.59. The molecule has 11 nitrogen and oxygen atoms in total. The molecule has 3 fully saturated rings. The van der Waals surface area contributed by atoms with Gasteiger partial charge in [0.05, 0.1) is 24.3 Å². The molecule has 3 unspecified atom stereocenters. The molecule has 1 amide bonds. The van der Waals surface area contributed by atoms with Crippen molar-refractivity contribution in [3.8, 4) is 17.2 Å². The van der Waals surface area contributed by atoms with Crippen LogP contribution in [0.3, 0.4) is 0 Å². The number of carbonyl (C=O) groups is 1. The Morgan fingerprint density at radius 3 is 2.44 bits per heavy atom. The first-order chi connectivity index (χ1) is 26.9. The lowest BCUT2D eigenvalue weighted by molar-refractivity contribution is -0.0336. The van der Waals surface area contributed by atoms with Gasteiger partial charge >= 0.3 is 6.09 Å². The summed E-state index contributed by atoms with van der Waals surface area (Å²) in [7, 11) is 0. The smallest absolute Gasteiger partial charge is 0.408 e. The quantitative estimate of drug-likeness (QED) is 0.0666. The molecule has 3 saturated heterocycles. The molecule has 8 rings (SSSR count). The van der Waals surface area contributed by atoms with Crippen LogP contribution in [0.25, 0.3) is 10.9 Å². The number of unbranched alkanes of at least 4 members (excludes halogenated alkanes) is 2. The highest BCUT2D eigenvalue weighted by molar-refractivity contribution is 5.87. The van der Waals surface area contributed by atoms with Crippen molar-refractivity contribution in [2.45, 2.75) is 57.0 Å². The monoisotopic (exact) mass is 746 g/mol. The van der Waals surface area contributed by atoms with Crippen molar-refractivity contribution >= 4 is 17.0 Å². The van der Waals surface area contributed by atoms with Crippen LogP contribution in [-0.2, 0) is 11.3 Å². The number of rotatable bonds is 17. The molecule has 3 atom stereocenters. The summed E-state index contributed by atoms with van der Waals surface area (Å²) >= 11 is 0. The number of hydrogen-bond donors (Lipinski definition) is 5. The lowest BCUT2D eigenvalue weighted by atomic mass is 9.86. The zero-order valence-electron chi connectivity index (χ0n) is 31.0. The molecule has 0 radical (unpaired) electrons. The number of carbonyl (C=O) groups excluding carboxylic acids is 1. The number of aromatic nitrogens is 1. The van der Waals surface area contributed by atoms with E-state index in [2.05, 4.69) is 20.5 Å². The number of aliphatic hydroxyl groups excluding tert-OH is 1. The van der Waals surface area contributed by atoms with Crippen LogP contribution in [0.2, 0.25) is 0 Å². The number of benzene rings is 4. The summed E-state index contributed by atoms with van der Waals surface area (Å²) in [5.41, 5.74) is 3.52. The number of aliphatic hydroxyl groups is 1. The van der Waals surface area contributed by atoms with E-state index < -0.39 is 18.2 Å². The van der Waals surface area contributed by atoms with E-state index in [0.29, 0.717) is 47.9 Å². The van der Waals surface area contributed by atoms with E-state index in [1.165, 1.54) is 12.1 Å². The van der Waals surface area contributed by atoms with E-state index in [9.17, 15) is 19.8 Å². The molecule has 55 heavy (non-hydrogen) atoms. The summed E-state index contributed by atoms with van der Waals surface area (Å²) in [5.74, 6) is 1.90. The zero-order valence-corrected chi connectivity index (χ0v) is 31.0. The Hall–Kier alpha value is -5.36. The summed E-state index contributed by atoms with van der Waals surface area (Å²) in [4.78, 5) is 29.9. The fourth-order valence-electron chi connectivity index (χ4n) is 7.63. The van der Waals surface area contributed by atoms with Gasteiger partial charge in [0.15, 0.2) is 0 Å². The molecule has 5 N–H and O–H groups in total. The Morgan fingerprint density at radius 2 is 1.64 bits per heavy atom. The molecule has 1 aromatic heterocycles. The minimum atomic E-state index is -0.781. The molecular formula is C44H50N4O7. The Balaban J connectivity index is 0.847. The van der Waals surface area contributed by atoms with Crippen molar-refractivity contribution < 1.29 is 29.2 Å². The molecule has 3 aliphatic rings. The van der Waals surface area contributed by atoms with Crippen molar-refractivity contribution in [1.29, 1.82) is 0 Å². The largest absolute Gasteiger partial charge is 0.506 e. The van der Waals surface area contributed by atoms with Gasteiger partial charge in [-0.15, -0.1) is 0 Å². The maximum absolute atomic E-state index is 13.2. The molecule has 0 spiro atoms. The van der Waals surface area contributed by atoms with Gasteiger partial charge < -0.3 is 40.0 Å². The number of nitrogens with one attached hydrogen (secondary N) is 3. The third-order valence-corrected chi connectivity index (χ3v) is 10.6. The molecule has 0 saturated carbocycles. The molecule has 11 heteroatoms. The van der Waals surface area contributed by atoms with Crippen LogP contribution in [0.4, 0.5) is 4.79 Å². The maximum atomic E-state index is 13.2. The summed E-state index contributed by atoms with van der Waals surface area (Å²) in [5, 5.41) is 27.9. The minimum Gasteiger partial charge on any atom is -0.506 e. The van der Waals surface area contributed by atoms with Crippen LogP contribution in [-0.4, -0.2) is 71.6 Å². The van der Waals surface area contributed by atoms with Crippen LogP contribution in [0.15, 0.2) is 108 Å². The van der Waals surface area contributed by atoms with E-state index >= 15 is 0 Å². The number of fused-ring (bicyclic) bond motifs is 4. The second-order valence-electron chi connectivity index (χ2n) is 14.5.